The molecule has 0 unspecified atom stereocenters. The van der Waals surface area contributed by atoms with Gasteiger partial charge in [-0.3, -0.25) is 9.59 Å². The van der Waals surface area contributed by atoms with E-state index in [2.05, 4.69) is 10.6 Å². The van der Waals surface area contributed by atoms with Crippen LogP contribution in [0.2, 0.25) is 0 Å². The molecule has 17 heteroatoms. The Morgan fingerprint density at radius 1 is 0.830 bits per heavy atom. The third-order valence-corrected chi connectivity index (χ3v) is 6.66. The van der Waals surface area contributed by atoms with E-state index in [-0.39, 0.29) is 23.4 Å². The van der Waals surface area contributed by atoms with Crippen molar-refractivity contribution in [3.63, 3.8) is 0 Å². The van der Waals surface area contributed by atoms with E-state index in [0.29, 0.717) is 19.4 Å². The number of alkyl halides is 3. The number of aromatic carboxylic acids is 1. The van der Waals surface area contributed by atoms with Crippen molar-refractivity contribution >= 4 is 29.6 Å². The Hall–Kier alpha value is -5.84. The Morgan fingerprint density at radius 3 is 1.98 bits per heavy atom. The van der Waals surface area contributed by atoms with Crippen molar-refractivity contribution in [3.8, 4) is 23.0 Å². The topological polar surface area (TPSA) is 240 Å². The first-order valence-electron chi connectivity index (χ1n) is 13.5. The van der Waals surface area contributed by atoms with Gasteiger partial charge in [0.1, 0.15) is 34.7 Å². The third-order valence-electron chi connectivity index (χ3n) is 6.66. The molecule has 3 aromatic carbocycles. The van der Waals surface area contributed by atoms with Gasteiger partial charge in [0.05, 0.1) is 22.7 Å². The van der Waals surface area contributed by atoms with Crippen LogP contribution in [0.15, 0.2) is 54.6 Å². The summed E-state index contributed by atoms with van der Waals surface area (Å²) in [5, 5.41) is 63.1. The fourth-order valence-corrected chi connectivity index (χ4v) is 4.42. The highest BCUT2D eigenvalue weighted by atomic mass is 19.4. The lowest BCUT2D eigenvalue weighted by Gasteiger charge is -2.26. The number of phenolic OH excluding ortho intramolecular Hbond substituents is 4. The molecule has 14 nitrogen and oxygen atoms in total. The SMILES string of the molecule is O=C(N[C@H]1CNCCC[C@@H]1OC(=O)c1cc(O)c(C(=O)c2c(O)cccc2C(=O)O)c(O)c1)c1ccc(O)cc1.O=C(O)C(F)(F)F. The summed E-state index contributed by atoms with van der Waals surface area (Å²) in [5.74, 6) is -9.18. The van der Waals surface area contributed by atoms with Gasteiger partial charge in [0.15, 0.2) is 0 Å². The third kappa shape index (κ3) is 9.10. The normalized spacial score (nSPS) is 16.1. The van der Waals surface area contributed by atoms with Gasteiger partial charge in [0.2, 0.25) is 5.78 Å². The lowest BCUT2D eigenvalue weighted by Crippen LogP contribution is -2.49. The van der Waals surface area contributed by atoms with Crippen molar-refractivity contribution in [1.29, 1.82) is 0 Å². The van der Waals surface area contributed by atoms with E-state index >= 15 is 0 Å². The summed E-state index contributed by atoms with van der Waals surface area (Å²) in [4.78, 5) is 59.2. The number of hydrogen-bond donors (Lipinski definition) is 8. The number of rotatable bonds is 7. The molecule has 0 aromatic heterocycles. The first-order valence-corrected chi connectivity index (χ1v) is 13.5. The zero-order valence-electron chi connectivity index (χ0n) is 23.9. The smallest absolute Gasteiger partial charge is 0.490 e. The van der Waals surface area contributed by atoms with Crippen molar-refractivity contribution in [3.05, 3.63) is 82.4 Å². The number of carboxylic acids is 2. The van der Waals surface area contributed by atoms with Gasteiger partial charge in [-0.25, -0.2) is 14.4 Å². The van der Waals surface area contributed by atoms with E-state index in [1.807, 2.05) is 0 Å². The Balaban J connectivity index is 0.000000771. The minimum atomic E-state index is -5.08. The molecule has 2 atom stereocenters. The number of carbonyl (C=O) groups excluding carboxylic acids is 3. The molecule has 8 N–H and O–H groups in total. The van der Waals surface area contributed by atoms with E-state index in [1.54, 1.807) is 0 Å². The number of halogens is 3. The predicted octanol–water partition coefficient (Wildman–Crippen LogP) is 2.78. The molecule has 1 amide bonds. The van der Waals surface area contributed by atoms with Crippen LogP contribution in [0.3, 0.4) is 0 Å². The second-order valence-electron chi connectivity index (χ2n) is 9.94. The number of benzene rings is 3. The monoisotopic (exact) mass is 664 g/mol. The number of aliphatic carboxylic acids is 1. The molecular weight excluding hydrogens is 637 g/mol. The molecule has 47 heavy (non-hydrogen) atoms. The first kappa shape index (κ1) is 35.6. The minimum absolute atomic E-state index is 0.00149. The van der Waals surface area contributed by atoms with Gasteiger partial charge in [-0.15, -0.1) is 0 Å². The average Bonchev–Trinajstić information content (AvgIpc) is 3.21. The predicted molar refractivity (Wildman–Crippen MR) is 153 cm³/mol. The lowest BCUT2D eigenvalue weighted by molar-refractivity contribution is -0.192. The highest BCUT2D eigenvalue weighted by Gasteiger charge is 2.38. The van der Waals surface area contributed by atoms with Crippen molar-refractivity contribution in [2.75, 3.05) is 13.1 Å². The number of carbonyl (C=O) groups is 5. The highest BCUT2D eigenvalue weighted by molar-refractivity contribution is 6.18. The Morgan fingerprint density at radius 2 is 1.43 bits per heavy atom. The number of phenols is 4. The molecule has 1 aliphatic rings. The van der Waals surface area contributed by atoms with E-state index in [4.69, 9.17) is 14.6 Å². The standard InChI is InChI=1S/C28H26N2O10.C2HF3O2/c31-16-8-6-14(7-9-16)26(36)30-18-13-29-10-2-5-22(18)40-28(39)15-11-20(33)24(21(34)12-15)25(35)23-17(27(37)38)3-1-4-19(23)32;3-2(4,5)1(6)7/h1,3-4,6-9,11-12,18,22,29,31-34H,2,5,10,13H2,(H,30,36)(H,37,38);(H,6,7)/t18-,22-;/m0./s1. The van der Waals surface area contributed by atoms with E-state index in [9.17, 15) is 57.9 Å². The molecule has 1 fully saturated rings. The van der Waals surface area contributed by atoms with Crippen molar-refractivity contribution in [2.45, 2.75) is 31.2 Å². The molecule has 1 heterocycles. The molecule has 3 aromatic rings. The molecule has 0 saturated carbocycles. The summed E-state index contributed by atoms with van der Waals surface area (Å²) in [5.41, 5.74) is -1.91. The lowest BCUT2D eigenvalue weighted by atomic mass is 9.95. The second kappa shape index (κ2) is 15.0. The van der Waals surface area contributed by atoms with Gasteiger partial charge in [0, 0.05) is 12.1 Å². The number of carboxylic acid groups (broad SMARTS) is 2. The Kier molecular flexibility index (Phi) is 11.3. The van der Waals surface area contributed by atoms with Gasteiger partial charge in [-0.05, 0) is 67.9 Å². The molecule has 0 bridgehead atoms. The molecule has 0 radical (unpaired) electrons. The second-order valence-corrected chi connectivity index (χ2v) is 9.94. The quantitative estimate of drug-likeness (QED) is 0.134. The van der Waals surface area contributed by atoms with E-state index < -0.39 is 81.9 Å². The molecule has 1 saturated heterocycles. The van der Waals surface area contributed by atoms with Crippen LogP contribution in [0.4, 0.5) is 13.2 Å². The van der Waals surface area contributed by atoms with Gasteiger partial charge < -0.3 is 46.0 Å². The van der Waals surface area contributed by atoms with Crippen molar-refractivity contribution in [1.82, 2.24) is 10.6 Å². The zero-order chi connectivity index (χ0) is 35.1. The number of amides is 1. The number of esters is 1. The molecule has 0 spiro atoms. The summed E-state index contributed by atoms with van der Waals surface area (Å²) >= 11 is 0. The molecule has 0 aliphatic carbocycles. The van der Waals surface area contributed by atoms with Crippen LogP contribution in [0.25, 0.3) is 0 Å². The van der Waals surface area contributed by atoms with Gasteiger partial charge in [-0.1, -0.05) is 6.07 Å². The number of aromatic hydroxyl groups is 4. The van der Waals surface area contributed by atoms with E-state index in [1.165, 1.54) is 30.3 Å². The number of hydrogen-bond acceptors (Lipinski definition) is 11. The van der Waals surface area contributed by atoms with Crippen LogP contribution in [-0.4, -0.2) is 91.6 Å². The van der Waals surface area contributed by atoms with Crippen molar-refractivity contribution in [2.24, 2.45) is 0 Å². The zero-order valence-corrected chi connectivity index (χ0v) is 23.9. The Bertz CT molecular complexity index is 1650. The molecule has 250 valence electrons. The van der Waals surface area contributed by atoms with Crippen LogP contribution < -0.4 is 10.6 Å². The van der Waals surface area contributed by atoms with Crippen LogP contribution in [-0.2, 0) is 9.53 Å². The van der Waals surface area contributed by atoms with Gasteiger partial charge in [-0.2, -0.15) is 13.2 Å². The number of nitrogens with one attached hydrogen (secondary N) is 2. The summed E-state index contributed by atoms with van der Waals surface area (Å²) in [6, 6.07) is 10.1. The fourth-order valence-electron chi connectivity index (χ4n) is 4.42. The molecule has 4 rings (SSSR count). The average molecular weight is 665 g/mol. The maximum atomic E-state index is 13.0. The Labute approximate surface area is 262 Å². The largest absolute Gasteiger partial charge is 0.508 e. The summed E-state index contributed by atoms with van der Waals surface area (Å²) in [7, 11) is 0. The van der Waals surface area contributed by atoms with Crippen LogP contribution in [0.1, 0.15) is 59.8 Å². The highest BCUT2D eigenvalue weighted by Crippen LogP contribution is 2.35. The minimum Gasteiger partial charge on any atom is -0.508 e. The molecule has 1 aliphatic heterocycles. The fraction of sp³-hybridized carbons (Fsp3) is 0.233. The summed E-state index contributed by atoms with van der Waals surface area (Å²) in [6.45, 7) is 0.904. The summed E-state index contributed by atoms with van der Waals surface area (Å²) < 4.78 is 37.4. The van der Waals surface area contributed by atoms with Crippen LogP contribution in [0.5, 0.6) is 23.0 Å². The van der Waals surface area contributed by atoms with Gasteiger partial charge >= 0.3 is 24.1 Å². The molecular formula is C30H27F3N2O12. The maximum absolute atomic E-state index is 13.0. The summed E-state index contributed by atoms with van der Waals surface area (Å²) in [6.07, 6.45) is -4.85. The maximum Gasteiger partial charge on any atom is 0.490 e. The number of ketones is 1. The van der Waals surface area contributed by atoms with Crippen LogP contribution in [0, 0.1) is 0 Å². The van der Waals surface area contributed by atoms with E-state index in [0.717, 1.165) is 24.3 Å². The van der Waals surface area contributed by atoms with Crippen LogP contribution >= 0.6 is 0 Å². The van der Waals surface area contributed by atoms with Gasteiger partial charge in [0.25, 0.3) is 5.91 Å². The van der Waals surface area contributed by atoms with Crippen molar-refractivity contribution < 1.29 is 72.5 Å². The number of ether oxygens (including phenoxy) is 1. The first-order chi connectivity index (χ1) is 22.0.